The Balaban J connectivity index is 1.70. The van der Waals surface area contributed by atoms with Gasteiger partial charge in [0.1, 0.15) is 5.82 Å². The van der Waals surface area contributed by atoms with Crippen LogP contribution in [0, 0.1) is 5.82 Å². The molecule has 2 fully saturated rings. The summed E-state index contributed by atoms with van der Waals surface area (Å²) >= 11 is 0. The summed E-state index contributed by atoms with van der Waals surface area (Å²) in [5.41, 5.74) is 1.38. The first-order valence-electron chi connectivity index (χ1n) is 11.1. The number of carboxylic acids is 1. The van der Waals surface area contributed by atoms with Gasteiger partial charge in [0.25, 0.3) is 5.91 Å². The van der Waals surface area contributed by atoms with Gasteiger partial charge in [-0.1, -0.05) is 32.1 Å². The standard InChI is InChI=1S/C22H33FN4O3/c23-18-12-17(22(30)25-11-10-24-14-21(28)29)19(26-15-8-4-5-9-15)13-20(18)27-16-6-2-1-3-7-16/h12-13,15-16,24,26-27H,1-11,14H2,(H,25,30)(H,28,29). The summed E-state index contributed by atoms with van der Waals surface area (Å²) in [4.78, 5) is 23.2. The molecule has 0 saturated heterocycles. The van der Waals surface area contributed by atoms with Crippen molar-refractivity contribution < 1.29 is 19.1 Å². The molecule has 3 rings (SSSR count). The number of halogens is 1. The zero-order chi connectivity index (χ0) is 21.3. The van der Waals surface area contributed by atoms with Gasteiger partial charge in [0.2, 0.25) is 0 Å². The van der Waals surface area contributed by atoms with Crippen molar-refractivity contribution in [3.8, 4) is 0 Å². The number of carbonyl (C=O) groups excluding carboxylic acids is 1. The number of benzene rings is 1. The SMILES string of the molecule is O=C(O)CNCCNC(=O)c1cc(F)c(NC2CCCCC2)cc1NC1CCCC1. The monoisotopic (exact) mass is 420 g/mol. The lowest BCUT2D eigenvalue weighted by atomic mass is 9.95. The fourth-order valence-electron chi connectivity index (χ4n) is 4.30. The Labute approximate surface area is 177 Å². The van der Waals surface area contributed by atoms with E-state index in [1.807, 2.05) is 0 Å². The average molecular weight is 421 g/mol. The van der Waals surface area contributed by atoms with Gasteiger partial charge in [0, 0.05) is 30.9 Å². The van der Waals surface area contributed by atoms with Gasteiger partial charge >= 0.3 is 5.97 Å². The molecule has 0 bridgehead atoms. The summed E-state index contributed by atoms with van der Waals surface area (Å²) in [6.45, 7) is 0.423. The van der Waals surface area contributed by atoms with Crippen molar-refractivity contribution in [1.29, 1.82) is 0 Å². The highest BCUT2D eigenvalue weighted by Crippen LogP contribution is 2.30. The highest BCUT2D eigenvalue weighted by atomic mass is 19.1. The van der Waals surface area contributed by atoms with E-state index >= 15 is 0 Å². The van der Waals surface area contributed by atoms with Gasteiger partial charge < -0.3 is 26.4 Å². The zero-order valence-corrected chi connectivity index (χ0v) is 17.4. The minimum Gasteiger partial charge on any atom is -0.480 e. The Bertz CT molecular complexity index is 731. The fraction of sp³-hybridized carbons (Fsp3) is 0.636. The van der Waals surface area contributed by atoms with Gasteiger partial charge in [0.05, 0.1) is 17.8 Å². The topological polar surface area (TPSA) is 102 Å². The normalized spacial score (nSPS) is 17.6. The lowest BCUT2D eigenvalue weighted by Crippen LogP contribution is -2.34. The van der Waals surface area contributed by atoms with E-state index in [4.69, 9.17) is 5.11 Å². The lowest BCUT2D eigenvalue weighted by molar-refractivity contribution is -0.135. The molecule has 0 heterocycles. The molecule has 2 saturated carbocycles. The quantitative estimate of drug-likeness (QED) is 0.372. The summed E-state index contributed by atoms with van der Waals surface area (Å²) in [6.07, 6.45) is 10.0. The number of rotatable bonds is 10. The van der Waals surface area contributed by atoms with Crippen LogP contribution in [0.1, 0.15) is 68.1 Å². The third kappa shape index (κ3) is 6.58. The molecular weight excluding hydrogens is 387 g/mol. The Hall–Kier alpha value is -2.35. The van der Waals surface area contributed by atoms with Crippen molar-refractivity contribution in [2.45, 2.75) is 69.9 Å². The Morgan fingerprint density at radius 1 is 0.900 bits per heavy atom. The van der Waals surface area contributed by atoms with Crippen LogP contribution in [-0.2, 0) is 4.79 Å². The van der Waals surface area contributed by atoms with E-state index in [1.165, 1.54) is 12.5 Å². The van der Waals surface area contributed by atoms with Crippen molar-refractivity contribution in [2.24, 2.45) is 0 Å². The highest BCUT2D eigenvalue weighted by molar-refractivity contribution is 6.00. The van der Waals surface area contributed by atoms with Crippen LogP contribution in [0.5, 0.6) is 0 Å². The van der Waals surface area contributed by atoms with Crippen molar-refractivity contribution in [3.05, 3.63) is 23.5 Å². The van der Waals surface area contributed by atoms with Crippen LogP contribution in [0.4, 0.5) is 15.8 Å². The number of hydrogen-bond donors (Lipinski definition) is 5. The second kappa shape index (κ2) is 11.2. The van der Waals surface area contributed by atoms with E-state index in [-0.39, 0.29) is 30.6 Å². The van der Waals surface area contributed by atoms with E-state index in [2.05, 4.69) is 21.3 Å². The van der Waals surface area contributed by atoms with Crippen LogP contribution in [0.2, 0.25) is 0 Å². The molecule has 1 aromatic rings. The minimum absolute atomic E-state index is 0.166. The summed E-state index contributed by atoms with van der Waals surface area (Å²) in [5, 5.41) is 20.9. The molecule has 0 atom stereocenters. The van der Waals surface area contributed by atoms with Crippen molar-refractivity contribution in [1.82, 2.24) is 10.6 Å². The number of amides is 1. The Morgan fingerprint density at radius 2 is 1.50 bits per heavy atom. The predicted octanol–water partition coefficient (Wildman–Crippen LogP) is 3.33. The third-order valence-electron chi connectivity index (χ3n) is 5.89. The first kappa shape index (κ1) is 22.3. The molecule has 7 nitrogen and oxygen atoms in total. The predicted molar refractivity (Wildman–Crippen MR) is 116 cm³/mol. The Kier molecular flexibility index (Phi) is 8.30. The van der Waals surface area contributed by atoms with Crippen molar-refractivity contribution in [3.63, 3.8) is 0 Å². The average Bonchev–Trinajstić information content (AvgIpc) is 3.23. The summed E-state index contributed by atoms with van der Waals surface area (Å²) in [5.74, 6) is -1.74. The van der Waals surface area contributed by atoms with Crippen molar-refractivity contribution >= 4 is 23.3 Å². The van der Waals surface area contributed by atoms with E-state index < -0.39 is 11.8 Å². The number of aliphatic carboxylic acids is 1. The molecule has 0 aromatic heterocycles. The Morgan fingerprint density at radius 3 is 2.13 bits per heavy atom. The lowest BCUT2D eigenvalue weighted by Gasteiger charge is -2.25. The van der Waals surface area contributed by atoms with Gasteiger partial charge in [-0.2, -0.15) is 0 Å². The van der Waals surface area contributed by atoms with E-state index in [0.717, 1.165) is 51.4 Å². The first-order chi connectivity index (χ1) is 14.5. The molecule has 1 aromatic carbocycles. The van der Waals surface area contributed by atoms with Crippen LogP contribution >= 0.6 is 0 Å². The highest BCUT2D eigenvalue weighted by Gasteiger charge is 2.22. The molecule has 0 aliphatic heterocycles. The summed E-state index contributed by atoms with van der Waals surface area (Å²) < 4.78 is 14.8. The van der Waals surface area contributed by atoms with Gasteiger partial charge in [0.15, 0.2) is 0 Å². The van der Waals surface area contributed by atoms with Crippen LogP contribution in [0.25, 0.3) is 0 Å². The molecule has 0 radical (unpaired) electrons. The van der Waals surface area contributed by atoms with Gasteiger partial charge in [-0.3, -0.25) is 9.59 Å². The van der Waals surface area contributed by atoms with Crippen LogP contribution in [-0.4, -0.2) is 48.7 Å². The van der Waals surface area contributed by atoms with E-state index in [0.29, 0.717) is 24.0 Å². The third-order valence-corrected chi connectivity index (χ3v) is 5.89. The molecule has 2 aliphatic rings. The number of carbonyl (C=O) groups is 2. The fourth-order valence-corrected chi connectivity index (χ4v) is 4.30. The molecule has 0 spiro atoms. The summed E-state index contributed by atoms with van der Waals surface area (Å²) in [7, 11) is 0. The smallest absolute Gasteiger partial charge is 0.317 e. The van der Waals surface area contributed by atoms with Crippen molar-refractivity contribution in [2.75, 3.05) is 30.3 Å². The number of anilines is 2. The summed E-state index contributed by atoms with van der Waals surface area (Å²) in [6, 6.07) is 3.61. The van der Waals surface area contributed by atoms with E-state index in [9.17, 15) is 14.0 Å². The molecule has 30 heavy (non-hydrogen) atoms. The number of carboxylic acid groups (broad SMARTS) is 1. The maximum atomic E-state index is 14.8. The van der Waals surface area contributed by atoms with Gasteiger partial charge in [-0.25, -0.2) is 4.39 Å². The molecule has 166 valence electrons. The maximum absolute atomic E-state index is 14.8. The largest absolute Gasteiger partial charge is 0.480 e. The zero-order valence-electron chi connectivity index (χ0n) is 17.4. The molecule has 1 amide bonds. The molecular formula is C22H33FN4O3. The minimum atomic E-state index is -0.951. The second-order valence-electron chi connectivity index (χ2n) is 8.31. The number of hydrogen-bond acceptors (Lipinski definition) is 5. The van der Waals surface area contributed by atoms with Crippen LogP contribution < -0.4 is 21.3 Å². The number of nitrogens with one attached hydrogen (secondary N) is 4. The molecule has 0 unspecified atom stereocenters. The van der Waals surface area contributed by atoms with Gasteiger partial charge in [-0.05, 0) is 37.8 Å². The van der Waals surface area contributed by atoms with E-state index in [1.54, 1.807) is 6.07 Å². The second-order valence-corrected chi connectivity index (χ2v) is 8.31. The molecule has 8 heteroatoms. The van der Waals surface area contributed by atoms with Gasteiger partial charge in [-0.15, -0.1) is 0 Å². The maximum Gasteiger partial charge on any atom is 0.317 e. The molecule has 2 aliphatic carbocycles. The first-order valence-corrected chi connectivity index (χ1v) is 11.1. The van der Waals surface area contributed by atoms with Crippen LogP contribution in [0.3, 0.4) is 0 Å². The van der Waals surface area contributed by atoms with Crippen LogP contribution in [0.15, 0.2) is 12.1 Å². The molecule has 5 N–H and O–H groups in total.